The first-order valence-electron chi connectivity index (χ1n) is 6.68. The van der Waals surface area contributed by atoms with Crippen LogP contribution in [0.15, 0.2) is 54.7 Å². The summed E-state index contributed by atoms with van der Waals surface area (Å²) >= 11 is 0. The van der Waals surface area contributed by atoms with Gasteiger partial charge in [-0.15, -0.1) is 5.10 Å². The van der Waals surface area contributed by atoms with E-state index in [1.165, 1.54) is 12.1 Å². The van der Waals surface area contributed by atoms with E-state index in [0.29, 0.717) is 12.3 Å². The number of ether oxygens (including phenoxy) is 1. The van der Waals surface area contributed by atoms with E-state index in [1.54, 1.807) is 23.0 Å². The zero-order valence-corrected chi connectivity index (χ0v) is 11.5. The molecule has 0 saturated carbocycles. The molecule has 0 fully saturated rings. The van der Waals surface area contributed by atoms with E-state index in [2.05, 4.69) is 10.3 Å². The van der Waals surface area contributed by atoms with Crippen molar-refractivity contribution in [1.29, 1.82) is 0 Å². The third-order valence-electron chi connectivity index (χ3n) is 3.03. The molecule has 3 rings (SSSR count). The fourth-order valence-electron chi connectivity index (χ4n) is 2.03. The lowest BCUT2D eigenvalue weighted by atomic mass is 10.1. The van der Waals surface area contributed by atoms with Crippen molar-refractivity contribution in [3.63, 3.8) is 0 Å². The molecule has 0 atom stereocenters. The van der Waals surface area contributed by atoms with Crippen molar-refractivity contribution in [1.82, 2.24) is 15.0 Å². The SMILES string of the molecule is CCOc1ccc(-c2cn(-c3cccc(F)c3)nn2)cc1. The fraction of sp³-hybridized carbons (Fsp3) is 0.125. The van der Waals surface area contributed by atoms with Crippen LogP contribution in [0.5, 0.6) is 5.75 Å². The third kappa shape index (κ3) is 2.91. The lowest BCUT2D eigenvalue weighted by Gasteiger charge is -2.02. The first-order chi connectivity index (χ1) is 10.3. The van der Waals surface area contributed by atoms with Crippen LogP contribution in [0, 0.1) is 5.82 Å². The van der Waals surface area contributed by atoms with Crippen LogP contribution in [0.1, 0.15) is 6.92 Å². The second-order valence-electron chi connectivity index (χ2n) is 4.49. The molecule has 4 nitrogen and oxygen atoms in total. The van der Waals surface area contributed by atoms with Gasteiger partial charge in [0.1, 0.15) is 17.3 Å². The van der Waals surface area contributed by atoms with E-state index in [9.17, 15) is 4.39 Å². The van der Waals surface area contributed by atoms with E-state index in [0.717, 1.165) is 17.0 Å². The van der Waals surface area contributed by atoms with Gasteiger partial charge in [-0.1, -0.05) is 11.3 Å². The Balaban J connectivity index is 1.87. The first kappa shape index (κ1) is 13.3. The second kappa shape index (κ2) is 5.75. The average Bonchev–Trinajstić information content (AvgIpc) is 2.98. The molecule has 0 saturated heterocycles. The summed E-state index contributed by atoms with van der Waals surface area (Å²) < 4.78 is 20.2. The minimum Gasteiger partial charge on any atom is -0.494 e. The number of benzene rings is 2. The Morgan fingerprint density at radius 3 is 2.67 bits per heavy atom. The molecule has 0 aliphatic rings. The molecular weight excluding hydrogens is 269 g/mol. The Labute approximate surface area is 121 Å². The molecule has 0 unspecified atom stereocenters. The molecule has 1 heterocycles. The number of aromatic nitrogens is 3. The molecule has 0 spiro atoms. The van der Waals surface area contributed by atoms with E-state index in [1.807, 2.05) is 31.2 Å². The lowest BCUT2D eigenvalue weighted by molar-refractivity contribution is 0.340. The van der Waals surface area contributed by atoms with Gasteiger partial charge in [0.25, 0.3) is 0 Å². The smallest absolute Gasteiger partial charge is 0.125 e. The average molecular weight is 283 g/mol. The summed E-state index contributed by atoms with van der Waals surface area (Å²) in [4.78, 5) is 0. The van der Waals surface area contributed by atoms with Gasteiger partial charge in [-0.2, -0.15) is 0 Å². The van der Waals surface area contributed by atoms with Gasteiger partial charge >= 0.3 is 0 Å². The maximum absolute atomic E-state index is 13.2. The molecule has 3 aromatic rings. The van der Waals surface area contributed by atoms with Gasteiger partial charge < -0.3 is 4.74 Å². The Morgan fingerprint density at radius 1 is 1.14 bits per heavy atom. The van der Waals surface area contributed by atoms with Crippen LogP contribution >= 0.6 is 0 Å². The Hall–Kier alpha value is -2.69. The number of hydrogen-bond donors (Lipinski definition) is 0. The standard InChI is InChI=1S/C16H14FN3O/c1-2-21-15-8-6-12(7-9-15)16-11-20(19-18-16)14-5-3-4-13(17)10-14/h3-11H,2H2,1H3. The molecule has 21 heavy (non-hydrogen) atoms. The van der Waals surface area contributed by atoms with Crippen molar-refractivity contribution < 1.29 is 9.13 Å². The van der Waals surface area contributed by atoms with Crippen molar-refractivity contribution in [2.24, 2.45) is 0 Å². The van der Waals surface area contributed by atoms with Crippen molar-refractivity contribution in [2.45, 2.75) is 6.92 Å². The highest BCUT2D eigenvalue weighted by atomic mass is 19.1. The van der Waals surface area contributed by atoms with Crippen LogP contribution in [0.3, 0.4) is 0 Å². The van der Waals surface area contributed by atoms with Gasteiger partial charge in [-0.05, 0) is 49.4 Å². The van der Waals surface area contributed by atoms with Gasteiger partial charge in [-0.25, -0.2) is 9.07 Å². The molecule has 0 aliphatic heterocycles. The van der Waals surface area contributed by atoms with Gasteiger partial charge in [0, 0.05) is 5.56 Å². The third-order valence-corrected chi connectivity index (χ3v) is 3.03. The number of nitrogens with zero attached hydrogens (tertiary/aromatic N) is 3. The minimum atomic E-state index is -0.300. The van der Waals surface area contributed by atoms with Crippen LogP contribution in [-0.2, 0) is 0 Å². The van der Waals surface area contributed by atoms with Gasteiger partial charge in [-0.3, -0.25) is 0 Å². The lowest BCUT2D eigenvalue weighted by Crippen LogP contribution is -1.94. The van der Waals surface area contributed by atoms with Crippen LogP contribution in [-0.4, -0.2) is 21.6 Å². The Morgan fingerprint density at radius 2 is 1.95 bits per heavy atom. The largest absolute Gasteiger partial charge is 0.494 e. The van der Waals surface area contributed by atoms with Gasteiger partial charge in [0.2, 0.25) is 0 Å². The van der Waals surface area contributed by atoms with E-state index in [-0.39, 0.29) is 5.82 Å². The summed E-state index contributed by atoms with van der Waals surface area (Å²) in [7, 11) is 0. The van der Waals surface area contributed by atoms with Crippen molar-refractivity contribution in [2.75, 3.05) is 6.61 Å². The van der Waals surface area contributed by atoms with Crippen molar-refractivity contribution in [3.05, 3.63) is 60.5 Å². The molecule has 1 aromatic heterocycles. The fourth-order valence-corrected chi connectivity index (χ4v) is 2.03. The summed E-state index contributed by atoms with van der Waals surface area (Å²) in [6, 6.07) is 13.9. The van der Waals surface area contributed by atoms with Gasteiger partial charge in [0.15, 0.2) is 0 Å². The number of rotatable bonds is 4. The molecule has 5 heteroatoms. The van der Waals surface area contributed by atoms with Crippen LogP contribution in [0.2, 0.25) is 0 Å². The minimum absolute atomic E-state index is 0.300. The zero-order valence-electron chi connectivity index (χ0n) is 11.5. The maximum Gasteiger partial charge on any atom is 0.125 e. The van der Waals surface area contributed by atoms with Crippen LogP contribution in [0.25, 0.3) is 16.9 Å². The van der Waals surface area contributed by atoms with E-state index < -0.39 is 0 Å². The molecule has 106 valence electrons. The summed E-state index contributed by atoms with van der Waals surface area (Å²) in [5.41, 5.74) is 2.29. The highest BCUT2D eigenvalue weighted by Gasteiger charge is 2.06. The summed E-state index contributed by atoms with van der Waals surface area (Å²) in [6.45, 7) is 2.58. The molecule has 0 amide bonds. The summed E-state index contributed by atoms with van der Waals surface area (Å²) in [6.07, 6.45) is 1.77. The number of hydrogen-bond acceptors (Lipinski definition) is 3. The topological polar surface area (TPSA) is 39.9 Å². The Kier molecular flexibility index (Phi) is 3.64. The molecular formula is C16H14FN3O. The zero-order chi connectivity index (χ0) is 14.7. The number of halogens is 1. The van der Waals surface area contributed by atoms with Gasteiger partial charge in [0.05, 0.1) is 18.5 Å². The molecule has 0 aliphatic carbocycles. The maximum atomic E-state index is 13.2. The summed E-state index contributed by atoms with van der Waals surface area (Å²) in [5.74, 6) is 0.518. The van der Waals surface area contributed by atoms with Crippen LogP contribution < -0.4 is 4.74 Å². The van der Waals surface area contributed by atoms with Crippen molar-refractivity contribution >= 4 is 0 Å². The highest BCUT2D eigenvalue weighted by molar-refractivity contribution is 5.59. The van der Waals surface area contributed by atoms with Crippen LogP contribution in [0.4, 0.5) is 4.39 Å². The second-order valence-corrected chi connectivity index (χ2v) is 4.49. The molecule has 0 bridgehead atoms. The quantitative estimate of drug-likeness (QED) is 0.736. The molecule has 0 radical (unpaired) electrons. The summed E-state index contributed by atoms with van der Waals surface area (Å²) in [5, 5.41) is 8.15. The van der Waals surface area contributed by atoms with E-state index >= 15 is 0 Å². The monoisotopic (exact) mass is 283 g/mol. The predicted octanol–water partition coefficient (Wildman–Crippen LogP) is 3.47. The normalized spacial score (nSPS) is 10.6. The first-order valence-corrected chi connectivity index (χ1v) is 6.68. The Bertz CT molecular complexity index is 737. The predicted molar refractivity (Wildman–Crippen MR) is 77.9 cm³/mol. The highest BCUT2D eigenvalue weighted by Crippen LogP contribution is 2.21. The van der Waals surface area contributed by atoms with E-state index in [4.69, 9.17) is 4.74 Å². The molecule has 2 aromatic carbocycles. The van der Waals surface area contributed by atoms with Crippen molar-refractivity contribution in [3.8, 4) is 22.7 Å². The molecule has 0 N–H and O–H groups in total.